The number of phenols is 1. The molecule has 5 heteroatoms. The lowest BCUT2D eigenvalue weighted by Crippen LogP contribution is -1.92. The van der Waals surface area contributed by atoms with Gasteiger partial charge in [0, 0.05) is 0 Å². The van der Waals surface area contributed by atoms with Crippen LogP contribution in [0.4, 0.5) is 0 Å². The molecule has 0 saturated heterocycles. The lowest BCUT2D eigenvalue weighted by molar-refractivity contribution is 0.318. The summed E-state index contributed by atoms with van der Waals surface area (Å²) in [6.07, 6.45) is 3.84. The van der Waals surface area contributed by atoms with Gasteiger partial charge in [0.25, 0.3) is 0 Å². The van der Waals surface area contributed by atoms with Crippen molar-refractivity contribution < 1.29 is 9.84 Å². The number of hydrogen-bond donors (Lipinski definition) is 1. The summed E-state index contributed by atoms with van der Waals surface area (Å²) in [6.45, 7) is 2.33. The van der Waals surface area contributed by atoms with Crippen LogP contribution in [0.25, 0.3) is 22.4 Å². The van der Waals surface area contributed by atoms with Gasteiger partial charge in [-0.05, 0) is 42.8 Å². The molecule has 0 spiro atoms. The topological polar surface area (TPSA) is 42.4 Å². The summed E-state index contributed by atoms with van der Waals surface area (Å²) >= 11 is 7.65. The van der Waals surface area contributed by atoms with E-state index in [1.165, 1.54) is 0 Å². The number of aromatic hydroxyl groups is 1. The first-order valence-electron chi connectivity index (χ1n) is 6.86. The van der Waals surface area contributed by atoms with Crippen LogP contribution < -0.4 is 4.74 Å². The van der Waals surface area contributed by atoms with E-state index in [2.05, 4.69) is 11.1 Å². The highest BCUT2D eigenvalue weighted by atomic mass is 35.5. The van der Waals surface area contributed by atoms with Crippen molar-refractivity contribution in [3.63, 3.8) is 0 Å². The molecule has 0 radical (unpaired) electrons. The van der Waals surface area contributed by atoms with Gasteiger partial charge in [0.2, 0.25) is 0 Å². The van der Waals surface area contributed by atoms with E-state index in [1.807, 2.05) is 37.3 Å². The Labute approximate surface area is 137 Å². The minimum atomic E-state index is -0.0272. The predicted molar refractivity (Wildman–Crippen MR) is 92.8 cm³/mol. The van der Waals surface area contributed by atoms with Crippen molar-refractivity contribution in [2.45, 2.75) is 6.92 Å². The van der Waals surface area contributed by atoms with Crippen molar-refractivity contribution in [3.05, 3.63) is 52.0 Å². The number of halogens is 1. The third-order valence-electron chi connectivity index (χ3n) is 3.08. The average molecular weight is 332 g/mol. The summed E-state index contributed by atoms with van der Waals surface area (Å²) < 4.78 is 6.53. The van der Waals surface area contributed by atoms with E-state index in [0.717, 1.165) is 20.8 Å². The number of hydrogen-bond acceptors (Lipinski definition) is 4. The van der Waals surface area contributed by atoms with E-state index in [0.29, 0.717) is 12.4 Å². The van der Waals surface area contributed by atoms with Gasteiger partial charge in [-0.1, -0.05) is 29.8 Å². The molecule has 112 valence electrons. The minimum absolute atomic E-state index is 0.0272. The molecule has 22 heavy (non-hydrogen) atoms. The van der Waals surface area contributed by atoms with Gasteiger partial charge >= 0.3 is 0 Å². The zero-order valence-corrected chi connectivity index (χ0v) is 13.5. The first-order chi connectivity index (χ1) is 10.7. The Balaban J connectivity index is 1.91. The minimum Gasteiger partial charge on any atom is -0.503 e. The Hall–Kier alpha value is -2.04. The van der Waals surface area contributed by atoms with Gasteiger partial charge in [-0.15, -0.1) is 11.3 Å². The third kappa shape index (κ3) is 3.08. The molecule has 1 heterocycles. The number of nitrogens with zero attached hydrogens (tertiary/aromatic N) is 1. The molecular weight excluding hydrogens is 318 g/mol. The number of phenolic OH excluding ortho intramolecular Hbond substituents is 1. The van der Waals surface area contributed by atoms with Crippen LogP contribution in [0.15, 0.2) is 36.4 Å². The summed E-state index contributed by atoms with van der Waals surface area (Å²) in [6, 6.07) is 11.5. The van der Waals surface area contributed by atoms with Gasteiger partial charge in [-0.2, -0.15) is 0 Å². The van der Waals surface area contributed by atoms with Crippen LogP contribution in [0.1, 0.15) is 17.5 Å². The van der Waals surface area contributed by atoms with Crippen molar-refractivity contribution in [1.29, 1.82) is 0 Å². The van der Waals surface area contributed by atoms with Gasteiger partial charge in [0.1, 0.15) is 5.01 Å². The molecule has 3 rings (SSSR count). The highest BCUT2D eigenvalue weighted by Crippen LogP contribution is 2.36. The first kappa shape index (κ1) is 14.9. The lowest BCUT2D eigenvalue weighted by atomic mass is 10.2. The number of fused-ring (bicyclic) bond motifs is 1. The smallest absolute Gasteiger partial charge is 0.176 e. The monoisotopic (exact) mass is 331 g/mol. The van der Waals surface area contributed by atoms with Gasteiger partial charge in [0.15, 0.2) is 11.5 Å². The molecule has 1 aromatic heterocycles. The predicted octanol–water partition coefficient (Wildman–Crippen LogP) is 5.22. The molecule has 0 fully saturated rings. The molecule has 2 aromatic carbocycles. The normalized spacial score (nSPS) is 11.4. The van der Waals surface area contributed by atoms with Crippen molar-refractivity contribution in [2.75, 3.05) is 6.61 Å². The fraction of sp³-hybridized carbons (Fsp3) is 0.118. The number of benzene rings is 2. The summed E-state index contributed by atoms with van der Waals surface area (Å²) in [5.41, 5.74) is 1.84. The fourth-order valence-corrected chi connectivity index (χ4v) is 3.17. The molecule has 0 unspecified atom stereocenters. The third-order valence-corrected chi connectivity index (χ3v) is 4.37. The van der Waals surface area contributed by atoms with E-state index in [1.54, 1.807) is 23.5 Å². The van der Waals surface area contributed by atoms with Crippen LogP contribution in [-0.2, 0) is 0 Å². The van der Waals surface area contributed by atoms with E-state index in [9.17, 15) is 5.11 Å². The molecule has 3 nitrogen and oxygen atoms in total. The number of aromatic nitrogens is 1. The van der Waals surface area contributed by atoms with Gasteiger partial charge in [-0.3, -0.25) is 0 Å². The van der Waals surface area contributed by atoms with Crippen molar-refractivity contribution in [3.8, 4) is 11.5 Å². The average Bonchev–Trinajstić information content (AvgIpc) is 2.93. The molecule has 3 aromatic rings. The first-order valence-corrected chi connectivity index (χ1v) is 8.06. The number of rotatable bonds is 4. The van der Waals surface area contributed by atoms with Crippen LogP contribution in [0, 0.1) is 0 Å². The largest absolute Gasteiger partial charge is 0.503 e. The Morgan fingerprint density at radius 2 is 2.09 bits per heavy atom. The highest BCUT2D eigenvalue weighted by molar-refractivity contribution is 7.19. The molecular formula is C17H14ClNO2S. The van der Waals surface area contributed by atoms with Crippen LogP contribution in [0.2, 0.25) is 5.02 Å². The number of ether oxygens (including phenoxy) is 1. The molecule has 0 aliphatic heterocycles. The lowest BCUT2D eigenvalue weighted by Gasteiger charge is -2.08. The van der Waals surface area contributed by atoms with E-state index < -0.39 is 0 Å². The second-order valence-corrected chi connectivity index (χ2v) is 6.11. The maximum Gasteiger partial charge on any atom is 0.176 e. The van der Waals surface area contributed by atoms with E-state index in [4.69, 9.17) is 16.3 Å². The Bertz CT molecular complexity index is 809. The SMILES string of the molecule is CCOc1cc(/C=C/c2nc3ccccc3s2)cc(Cl)c1O. The standard InChI is InChI=1S/C17H14ClNO2S/c1-2-21-14-10-11(9-12(18)17(14)20)7-8-16-19-13-5-3-4-6-15(13)22-16/h3-10,20H,2H2,1H3/b8-7+. The number of thiazole rings is 1. The van der Waals surface area contributed by atoms with Crippen LogP contribution in [-0.4, -0.2) is 16.7 Å². The van der Waals surface area contributed by atoms with Gasteiger partial charge in [0.05, 0.1) is 21.8 Å². The van der Waals surface area contributed by atoms with E-state index >= 15 is 0 Å². The Morgan fingerprint density at radius 3 is 2.86 bits per heavy atom. The quantitative estimate of drug-likeness (QED) is 0.712. The summed E-state index contributed by atoms with van der Waals surface area (Å²) in [7, 11) is 0. The Morgan fingerprint density at radius 1 is 1.27 bits per heavy atom. The highest BCUT2D eigenvalue weighted by Gasteiger charge is 2.08. The number of para-hydroxylation sites is 1. The van der Waals surface area contributed by atoms with Gasteiger partial charge < -0.3 is 9.84 Å². The summed E-state index contributed by atoms with van der Waals surface area (Å²) in [5.74, 6) is 0.361. The van der Waals surface area contributed by atoms with Crippen molar-refractivity contribution in [1.82, 2.24) is 4.98 Å². The Kier molecular flexibility index (Phi) is 4.32. The zero-order chi connectivity index (χ0) is 15.5. The van der Waals surface area contributed by atoms with E-state index in [-0.39, 0.29) is 10.8 Å². The van der Waals surface area contributed by atoms with Gasteiger partial charge in [-0.25, -0.2) is 4.98 Å². The van der Waals surface area contributed by atoms with Crippen molar-refractivity contribution in [2.24, 2.45) is 0 Å². The molecule has 0 saturated carbocycles. The van der Waals surface area contributed by atoms with Crippen LogP contribution >= 0.6 is 22.9 Å². The molecule has 0 aliphatic rings. The second kappa shape index (κ2) is 6.38. The maximum atomic E-state index is 9.84. The molecule has 0 atom stereocenters. The molecule has 1 N–H and O–H groups in total. The summed E-state index contributed by atoms with van der Waals surface area (Å²) in [5, 5.41) is 11.0. The molecule has 0 amide bonds. The molecule has 0 aliphatic carbocycles. The fourth-order valence-electron chi connectivity index (χ4n) is 2.08. The zero-order valence-electron chi connectivity index (χ0n) is 11.9. The maximum absolute atomic E-state index is 9.84. The second-order valence-electron chi connectivity index (χ2n) is 4.64. The van der Waals surface area contributed by atoms with Crippen LogP contribution in [0.3, 0.4) is 0 Å². The van der Waals surface area contributed by atoms with Crippen LogP contribution in [0.5, 0.6) is 11.5 Å². The molecule has 0 bridgehead atoms. The summed E-state index contributed by atoms with van der Waals surface area (Å²) in [4.78, 5) is 4.54. The van der Waals surface area contributed by atoms with Crippen molar-refractivity contribution >= 4 is 45.3 Å².